The van der Waals surface area contributed by atoms with E-state index in [1.54, 1.807) is 6.07 Å². The number of aromatic nitrogens is 3. The molecule has 8 nitrogen and oxygen atoms in total. The topological polar surface area (TPSA) is 117 Å². The number of nitrogens with zero attached hydrogens (tertiary/aromatic N) is 4. The van der Waals surface area contributed by atoms with E-state index in [2.05, 4.69) is 15.0 Å². The summed E-state index contributed by atoms with van der Waals surface area (Å²) in [5.41, 5.74) is 6.18. The van der Waals surface area contributed by atoms with Crippen LogP contribution in [0, 0.1) is 17.0 Å². The van der Waals surface area contributed by atoms with Crippen LogP contribution in [0.2, 0.25) is 0 Å². The summed E-state index contributed by atoms with van der Waals surface area (Å²) < 4.78 is 5.32. The molecule has 2 N–H and O–H groups in total. The van der Waals surface area contributed by atoms with Crippen molar-refractivity contribution in [3.8, 4) is 17.0 Å². The van der Waals surface area contributed by atoms with Crippen LogP contribution in [0.5, 0.6) is 5.75 Å². The van der Waals surface area contributed by atoms with Gasteiger partial charge in [0.25, 0.3) is 0 Å². The van der Waals surface area contributed by atoms with Crippen molar-refractivity contribution in [3.63, 3.8) is 0 Å². The molecule has 0 spiro atoms. The van der Waals surface area contributed by atoms with E-state index in [9.17, 15) is 10.1 Å². The van der Waals surface area contributed by atoms with Crippen molar-refractivity contribution >= 4 is 11.6 Å². The molecule has 2 aromatic heterocycles. The third-order valence-corrected chi connectivity index (χ3v) is 2.56. The summed E-state index contributed by atoms with van der Waals surface area (Å²) in [5.74, 6) is 0.485. The van der Waals surface area contributed by atoms with Crippen LogP contribution < -0.4 is 10.5 Å². The summed E-state index contributed by atoms with van der Waals surface area (Å²) >= 11 is 0. The molecule has 0 aliphatic carbocycles. The normalized spacial score (nSPS) is 10.3. The molecule has 20 heavy (non-hydrogen) atoms. The molecule has 0 aliphatic heterocycles. The molecule has 0 unspecified atom stereocenters. The fourth-order valence-electron chi connectivity index (χ4n) is 1.80. The molecule has 0 amide bonds. The van der Waals surface area contributed by atoms with Gasteiger partial charge in [-0.1, -0.05) is 0 Å². The van der Waals surface area contributed by atoms with Crippen molar-refractivity contribution in [1.82, 2.24) is 15.0 Å². The fourth-order valence-corrected chi connectivity index (χ4v) is 1.80. The molecule has 0 saturated carbocycles. The van der Waals surface area contributed by atoms with Crippen LogP contribution in [0.15, 0.2) is 18.5 Å². The van der Waals surface area contributed by atoms with Crippen LogP contribution in [0.4, 0.5) is 11.6 Å². The van der Waals surface area contributed by atoms with Gasteiger partial charge in [0.1, 0.15) is 11.4 Å². The second kappa shape index (κ2) is 5.47. The predicted molar refractivity (Wildman–Crippen MR) is 72.2 cm³/mol. The number of pyridine rings is 1. The number of nitrogen functional groups attached to an aromatic ring is 1. The molecular weight excluding hydrogens is 262 g/mol. The smallest absolute Gasteiger partial charge is 0.316 e. The van der Waals surface area contributed by atoms with Gasteiger partial charge in [-0.2, -0.15) is 0 Å². The number of hydrogen-bond acceptors (Lipinski definition) is 7. The molecule has 0 atom stereocenters. The minimum Gasteiger partial charge on any atom is -0.492 e. The Balaban J connectivity index is 2.62. The van der Waals surface area contributed by atoms with Crippen molar-refractivity contribution in [2.45, 2.75) is 13.8 Å². The highest BCUT2D eigenvalue weighted by atomic mass is 16.6. The van der Waals surface area contributed by atoms with Crippen molar-refractivity contribution in [3.05, 3.63) is 34.3 Å². The number of aryl methyl sites for hydroxylation is 1. The Morgan fingerprint density at radius 1 is 1.40 bits per heavy atom. The van der Waals surface area contributed by atoms with Gasteiger partial charge in [-0.05, 0) is 19.9 Å². The molecule has 2 rings (SSSR count). The van der Waals surface area contributed by atoms with Crippen LogP contribution >= 0.6 is 0 Å². The molecule has 0 fully saturated rings. The molecule has 0 bridgehead atoms. The molecule has 8 heteroatoms. The standard InChI is InChI=1S/C12H13N5O3/c1-3-20-9-4-8(5-14-6-9)10-11(17(18)19)7(2)15-12(13)16-10/h4-6H,3H2,1-2H3,(H2,13,15,16). The van der Waals surface area contributed by atoms with Gasteiger partial charge in [-0.3, -0.25) is 15.1 Å². The summed E-state index contributed by atoms with van der Waals surface area (Å²) in [5, 5.41) is 11.2. The summed E-state index contributed by atoms with van der Waals surface area (Å²) in [6.07, 6.45) is 2.99. The first-order valence-electron chi connectivity index (χ1n) is 5.89. The minimum atomic E-state index is -0.530. The fraction of sp³-hybridized carbons (Fsp3) is 0.250. The lowest BCUT2D eigenvalue weighted by Crippen LogP contribution is -2.05. The number of ether oxygens (including phenoxy) is 1. The predicted octanol–water partition coefficient (Wildman–Crippen LogP) is 1.74. The summed E-state index contributed by atoms with van der Waals surface area (Å²) in [6.45, 7) is 3.82. The Labute approximate surface area is 114 Å². The van der Waals surface area contributed by atoms with Crippen molar-refractivity contribution in [2.24, 2.45) is 0 Å². The quantitative estimate of drug-likeness (QED) is 0.666. The largest absolute Gasteiger partial charge is 0.492 e. The number of rotatable bonds is 4. The zero-order valence-corrected chi connectivity index (χ0v) is 11.0. The van der Waals surface area contributed by atoms with Crippen LogP contribution in [0.25, 0.3) is 11.3 Å². The molecule has 0 radical (unpaired) electrons. The molecule has 2 heterocycles. The van der Waals surface area contributed by atoms with Gasteiger partial charge in [-0.15, -0.1) is 0 Å². The third kappa shape index (κ3) is 2.63. The second-order valence-electron chi connectivity index (χ2n) is 3.96. The van der Waals surface area contributed by atoms with Crippen LogP contribution in [0.3, 0.4) is 0 Å². The zero-order chi connectivity index (χ0) is 14.7. The summed E-state index contributed by atoms with van der Waals surface area (Å²) in [6, 6.07) is 1.63. The third-order valence-electron chi connectivity index (χ3n) is 2.56. The number of nitrogens with two attached hydrogens (primary N) is 1. The van der Waals surface area contributed by atoms with Gasteiger partial charge in [0.05, 0.1) is 17.7 Å². The first-order valence-corrected chi connectivity index (χ1v) is 5.89. The van der Waals surface area contributed by atoms with E-state index in [1.165, 1.54) is 19.3 Å². The number of anilines is 1. The van der Waals surface area contributed by atoms with E-state index in [4.69, 9.17) is 10.5 Å². The Bertz CT molecular complexity index is 660. The van der Waals surface area contributed by atoms with E-state index < -0.39 is 4.92 Å². The van der Waals surface area contributed by atoms with E-state index in [0.717, 1.165) is 0 Å². The first-order chi connectivity index (χ1) is 9.52. The van der Waals surface area contributed by atoms with Crippen molar-refractivity contribution in [1.29, 1.82) is 0 Å². The van der Waals surface area contributed by atoms with Crippen molar-refractivity contribution in [2.75, 3.05) is 12.3 Å². The Morgan fingerprint density at radius 3 is 2.80 bits per heavy atom. The highest BCUT2D eigenvalue weighted by molar-refractivity contribution is 5.71. The van der Waals surface area contributed by atoms with Gasteiger partial charge in [0, 0.05) is 11.8 Å². The van der Waals surface area contributed by atoms with E-state index in [0.29, 0.717) is 17.9 Å². The molecule has 0 aromatic carbocycles. The van der Waals surface area contributed by atoms with Crippen LogP contribution in [-0.2, 0) is 0 Å². The van der Waals surface area contributed by atoms with Crippen molar-refractivity contribution < 1.29 is 9.66 Å². The van der Waals surface area contributed by atoms with Gasteiger partial charge in [-0.25, -0.2) is 9.97 Å². The lowest BCUT2D eigenvalue weighted by atomic mass is 10.1. The molecule has 0 aliphatic rings. The van der Waals surface area contributed by atoms with Crippen LogP contribution in [-0.4, -0.2) is 26.5 Å². The Hall–Kier alpha value is -2.77. The maximum absolute atomic E-state index is 11.2. The minimum absolute atomic E-state index is 0.0232. The number of hydrogen-bond donors (Lipinski definition) is 1. The summed E-state index contributed by atoms with van der Waals surface area (Å²) in [4.78, 5) is 22.4. The zero-order valence-electron chi connectivity index (χ0n) is 11.0. The maximum Gasteiger partial charge on any atom is 0.316 e. The van der Waals surface area contributed by atoms with Gasteiger partial charge < -0.3 is 10.5 Å². The average molecular weight is 275 g/mol. The highest BCUT2D eigenvalue weighted by Crippen LogP contribution is 2.31. The SMILES string of the molecule is CCOc1cncc(-c2nc(N)nc(C)c2[N+](=O)[O-])c1. The van der Waals surface area contributed by atoms with E-state index in [-0.39, 0.29) is 23.0 Å². The van der Waals surface area contributed by atoms with Gasteiger partial charge >= 0.3 is 5.69 Å². The summed E-state index contributed by atoms with van der Waals surface area (Å²) in [7, 11) is 0. The Kier molecular flexibility index (Phi) is 3.74. The monoisotopic (exact) mass is 275 g/mol. The van der Waals surface area contributed by atoms with Gasteiger partial charge in [0.15, 0.2) is 5.69 Å². The average Bonchev–Trinajstić information content (AvgIpc) is 2.38. The maximum atomic E-state index is 11.2. The Morgan fingerprint density at radius 2 is 2.15 bits per heavy atom. The lowest BCUT2D eigenvalue weighted by molar-refractivity contribution is -0.385. The van der Waals surface area contributed by atoms with E-state index >= 15 is 0 Å². The lowest BCUT2D eigenvalue weighted by Gasteiger charge is -2.07. The highest BCUT2D eigenvalue weighted by Gasteiger charge is 2.23. The molecular formula is C12H13N5O3. The number of nitro groups is 1. The second-order valence-corrected chi connectivity index (χ2v) is 3.96. The molecule has 2 aromatic rings. The van der Waals surface area contributed by atoms with Gasteiger partial charge in [0.2, 0.25) is 5.95 Å². The molecule has 104 valence electrons. The van der Waals surface area contributed by atoms with E-state index in [1.807, 2.05) is 6.92 Å². The van der Waals surface area contributed by atoms with Crippen LogP contribution in [0.1, 0.15) is 12.6 Å². The first kappa shape index (κ1) is 13.7. The molecule has 0 saturated heterocycles.